The highest BCUT2D eigenvalue weighted by Gasteiger charge is 2.15. The van der Waals surface area contributed by atoms with Crippen LogP contribution in [0.1, 0.15) is 56.6 Å². The lowest BCUT2D eigenvalue weighted by Crippen LogP contribution is -2.08. The van der Waals surface area contributed by atoms with Gasteiger partial charge < -0.3 is 5.11 Å². The fourth-order valence-corrected chi connectivity index (χ4v) is 2.85. The van der Waals surface area contributed by atoms with E-state index in [1.807, 2.05) is 24.3 Å². The van der Waals surface area contributed by atoms with Gasteiger partial charge in [0, 0.05) is 5.02 Å². The van der Waals surface area contributed by atoms with Gasteiger partial charge in [0.2, 0.25) is 0 Å². The number of aliphatic hydroxyl groups excluding tert-OH is 1. The van der Waals surface area contributed by atoms with Gasteiger partial charge in [0.05, 0.1) is 6.10 Å². The van der Waals surface area contributed by atoms with Gasteiger partial charge in [0.1, 0.15) is 0 Å². The van der Waals surface area contributed by atoms with Crippen molar-refractivity contribution in [2.24, 2.45) is 5.92 Å². The number of aliphatic hydroxyl groups is 1. The normalized spacial score (nSPS) is 19.2. The molecule has 1 nitrogen and oxygen atoms in total. The smallest absolute Gasteiger partial charge is 0.0790 e. The molecular formula is C15H21ClO. The molecule has 1 unspecified atom stereocenters. The summed E-state index contributed by atoms with van der Waals surface area (Å²) in [5.74, 6) is 0.839. The van der Waals surface area contributed by atoms with Crippen molar-refractivity contribution in [1.29, 1.82) is 0 Å². The Balaban J connectivity index is 1.80. The van der Waals surface area contributed by atoms with Gasteiger partial charge in [-0.2, -0.15) is 0 Å². The number of hydrogen-bond donors (Lipinski definition) is 1. The van der Waals surface area contributed by atoms with E-state index in [2.05, 4.69) is 0 Å². The SMILES string of the molecule is OC(CCC1CCCCC1)c1ccc(Cl)cc1. The third kappa shape index (κ3) is 4.01. The van der Waals surface area contributed by atoms with Crippen molar-refractivity contribution < 1.29 is 5.11 Å². The van der Waals surface area contributed by atoms with E-state index in [0.29, 0.717) is 0 Å². The third-order valence-electron chi connectivity index (χ3n) is 3.83. The first-order valence-corrected chi connectivity index (χ1v) is 7.07. The second-order valence-corrected chi connectivity index (χ2v) is 5.59. The average Bonchev–Trinajstić information content (AvgIpc) is 2.38. The van der Waals surface area contributed by atoms with Gasteiger partial charge >= 0.3 is 0 Å². The highest BCUT2D eigenvalue weighted by molar-refractivity contribution is 6.30. The zero-order valence-corrected chi connectivity index (χ0v) is 11.0. The van der Waals surface area contributed by atoms with Crippen LogP contribution in [-0.4, -0.2) is 5.11 Å². The number of halogens is 1. The maximum absolute atomic E-state index is 10.1. The van der Waals surface area contributed by atoms with Crippen LogP contribution in [0.5, 0.6) is 0 Å². The Morgan fingerprint density at radius 2 is 1.76 bits per heavy atom. The van der Waals surface area contributed by atoms with Crippen LogP contribution in [-0.2, 0) is 0 Å². The largest absolute Gasteiger partial charge is 0.388 e. The summed E-state index contributed by atoms with van der Waals surface area (Å²) in [6, 6.07) is 7.54. The summed E-state index contributed by atoms with van der Waals surface area (Å²) in [5.41, 5.74) is 0.991. The Morgan fingerprint density at radius 1 is 1.12 bits per heavy atom. The fraction of sp³-hybridized carbons (Fsp3) is 0.600. The molecule has 0 aromatic heterocycles. The molecule has 0 radical (unpaired) electrons. The molecule has 0 spiro atoms. The van der Waals surface area contributed by atoms with Crippen LogP contribution in [0.2, 0.25) is 5.02 Å². The van der Waals surface area contributed by atoms with Crippen molar-refractivity contribution in [3.8, 4) is 0 Å². The second kappa shape index (κ2) is 6.42. The van der Waals surface area contributed by atoms with Gasteiger partial charge in [-0.05, 0) is 36.5 Å². The summed E-state index contributed by atoms with van der Waals surface area (Å²) in [6.45, 7) is 0. The molecule has 1 aromatic rings. The van der Waals surface area contributed by atoms with Crippen LogP contribution in [0.3, 0.4) is 0 Å². The van der Waals surface area contributed by atoms with E-state index >= 15 is 0 Å². The quantitative estimate of drug-likeness (QED) is 0.821. The molecule has 0 amide bonds. The van der Waals surface area contributed by atoms with E-state index in [0.717, 1.165) is 29.3 Å². The molecule has 1 aliphatic carbocycles. The van der Waals surface area contributed by atoms with E-state index in [4.69, 9.17) is 11.6 Å². The van der Waals surface area contributed by atoms with Crippen molar-refractivity contribution in [3.63, 3.8) is 0 Å². The van der Waals surface area contributed by atoms with E-state index in [1.54, 1.807) is 0 Å². The summed E-state index contributed by atoms with van der Waals surface area (Å²) in [7, 11) is 0. The zero-order valence-electron chi connectivity index (χ0n) is 10.2. The van der Waals surface area contributed by atoms with Crippen LogP contribution < -0.4 is 0 Å². The Morgan fingerprint density at radius 3 is 2.41 bits per heavy atom. The molecule has 1 aliphatic rings. The standard InChI is InChI=1S/C15H21ClO/c16-14-9-7-13(8-10-14)15(17)11-6-12-4-2-1-3-5-12/h7-10,12,15,17H,1-6,11H2. The van der Waals surface area contributed by atoms with Crippen LogP contribution in [0, 0.1) is 5.92 Å². The van der Waals surface area contributed by atoms with E-state index in [9.17, 15) is 5.11 Å². The molecule has 1 aromatic carbocycles. The van der Waals surface area contributed by atoms with Gasteiger partial charge in [-0.15, -0.1) is 0 Å². The first-order chi connectivity index (χ1) is 8.25. The van der Waals surface area contributed by atoms with Crippen LogP contribution >= 0.6 is 11.6 Å². The Labute approximate surface area is 109 Å². The summed E-state index contributed by atoms with van der Waals surface area (Å²) < 4.78 is 0. The molecular weight excluding hydrogens is 232 g/mol. The lowest BCUT2D eigenvalue weighted by molar-refractivity contribution is 0.151. The molecule has 2 heteroatoms. The molecule has 0 heterocycles. The molecule has 1 atom stereocenters. The molecule has 1 fully saturated rings. The molecule has 2 rings (SSSR count). The van der Waals surface area contributed by atoms with Gasteiger partial charge in [-0.3, -0.25) is 0 Å². The van der Waals surface area contributed by atoms with Crippen molar-refractivity contribution in [2.45, 2.75) is 51.0 Å². The predicted octanol–water partition coefficient (Wildman–Crippen LogP) is 4.73. The molecule has 0 aliphatic heterocycles. The Hall–Kier alpha value is -0.530. The lowest BCUT2D eigenvalue weighted by atomic mass is 9.85. The minimum Gasteiger partial charge on any atom is -0.388 e. The molecule has 1 N–H and O–H groups in total. The van der Waals surface area contributed by atoms with Gasteiger partial charge in [0.25, 0.3) is 0 Å². The molecule has 1 saturated carbocycles. The van der Waals surface area contributed by atoms with Crippen LogP contribution in [0.4, 0.5) is 0 Å². The van der Waals surface area contributed by atoms with Gasteiger partial charge in [-0.25, -0.2) is 0 Å². The van der Waals surface area contributed by atoms with Crippen LogP contribution in [0.25, 0.3) is 0 Å². The summed E-state index contributed by atoms with van der Waals surface area (Å²) >= 11 is 5.83. The minimum atomic E-state index is -0.325. The number of benzene rings is 1. The number of rotatable bonds is 4. The summed E-state index contributed by atoms with van der Waals surface area (Å²) in [6.07, 6.45) is 8.57. The Kier molecular flexibility index (Phi) is 4.87. The van der Waals surface area contributed by atoms with E-state index < -0.39 is 0 Å². The highest BCUT2D eigenvalue weighted by atomic mass is 35.5. The average molecular weight is 253 g/mol. The fourth-order valence-electron chi connectivity index (χ4n) is 2.72. The van der Waals surface area contributed by atoms with Crippen molar-refractivity contribution in [3.05, 3.63) is 34.9 Å². The van der Waals surface area contributed by atoms with E-state index in [-0.39, 0.29) is 6.10 Å². The molecule has 0 saturated heterocycles. The molecule has 0 bridgehead atoms. The molecule has 17 heavy (non-hydrogen) atoms. The van der Waals surface area contributed by atoms with E-state index in [1.165, 1.54) is 32.1 Å². The maximum atomic E-state index is 10.1. The minimum absolute atomic E-state index is 0.325. The zero-order chi connectivity index (χ0) is 12.1. The predicted molar refractivity (Wildman–Crippen MR) is 72.2 cm³/mol. The number of hydrogen-bond acceptors (Lipinski definition) is 1. The first kappa shape index (κ1) is 12.9. The summed E-state index contributed by atoms with van der Waals surface area (Å²) in [4.78, 5) is 0. The second-order valence-electron chi connectivity index (χ2n) is 5.15. The van der Waals surface area contributed by atoms with Gasteiger partial charge in [0.15, 0.2) is 0 Å². The highest BCUT2D eigenvalue weighted by Crippen LogP contribution is 2.30. The third-order valence-corrected chi connectivity index (χ3v) is 4.08. The lowest BCUT2D eigenvalue weighted by Gasteiger charge is -2.22. The van der Waals surface area contributed by atoms with Crippen molar-refractivity contribution in [2.75, 3.05) is 0 Å². The van der Waals surface area contributed by atoms with Gasteiger partial charge in [-0.1, -0.05) is 55.8 Å². The topological polar surface area (TPSA) is 20.2 Å². The van der Waals surface area contributed by atoms with Crippen molar-refractivity contribution in [1.82, 2.24) is 0 Å². The van der Waals surface area contributed by atoms with Crippen molar-refractivity contribution >= 4 is 11.6 Å². The summed E-state index contributed by atoms with van der Waals surface area (Å²) in [5, 5.41) is 10.8. The maximum Gasteiger partial charge on any atom is 0.0790 e. The molecule has 94 valence electrons. The van der Waals surface area contributed by atoms with Crippen LogP contribution in [0.15, 0.2) is 24.3 Å². The Bertz CT molecular complexity index is 327. The monoisotopic (exact) mass is 252 g/mol. The first-order valence-electron chi connectivity index (χ1n) is 6.69.